The van der Waals surface area contributed by atoms with Gasteiger partial charge in [0, 0.05) is 18.3 Å². The minimum atomic E-state index is -2.99. The van der Waals surface area contributed by atoms with Gasteiger partial charge in [0.2, 0.25) is 0 Å². The van der Waals surface area contributed by atoms with Crippen molar-refractivity contribution in [3.8, 4) is 0 Å². The van der Waals surface area contributed by atoms with Gasteiger partial charge < -0.3 is 5.32 Å². The van der Waals surface area contributed by atoms with Crippen molar-refractivity contribution in [3.05, 3.63) is 0 Å². The molecule has 0 aromatic heterocycles. The summed E-state index contributed by atoms with van der Waals surface area (Å²) in [6.07, 6.45) is 3.10. The first-order valence-electron chi connectivity index (χ1n) is 5.69. The van der Waals surface area contributed by atoms with Crippen LogP contribution in [0.3, 0.4) is 0 Å². The Morgan fingerprint density at radius 2 is 1.88 bits per heavy atom. The van der Waals surface area contributed by atoms with Gasteiger partial charge in [-0.1, -0.05) is 6.92 Å². The van der Waals surface area contributed by atoms with Crippen LogP contribution in [0, 0.1) is 0 Å². The van der Waals surface area contributed by atoms with Crippen LogP contribution in [-0.4, -0.2) is 43.5 Å². The van der Waals surface area contributed by atoms with E-state index in [0.717, 1.165) is 12.2 Å². The molecule has 1 unspecified atom stereocenters. The van der Waals surface area contributed by atoms with Crippen molar-refractivity contribution in [1.82, 2.24) is 5.32 Å². The summed E-state index contributed by atoms with van der Waals surface area (Å²) in [5.41, 5.74) is 0. The molecule has 0 saturated carbocycles. The summed E-state index contributed by atoms with van der Waals surface area (Å²) in [6, 6.07) is 0.421. The van der Waals surface area contributed by atoms with E-state index in [9.17, 15) is 8.42 Å². The molecule has 0 heterocycles. The molecule has 16 heavy (non-hydrogen) atoms. The van der Waals surface area contributed by atoms with Crippen molar-refractivity contribution in [3.63, 3.8) is 0 Å². The molecule has 0 amide bonds. The number of rotatable bonds is 7. The van der Waals surface area contributed by atoms with Crippen molar-refractivity contribution in [1.29, 1.82) is 0 Å². The van der Waals surface area contributed by atoms with Crippen LogP contribution in [0.25, 0.3) is 0 Å². The monoisotopic (exact) mass is 267 g/mol. The number of thioether (sulfide) groups is 1. The molecule has 0 aromatic carbocycles. The van der Waals surface area contributed by atoms with E-state index in [0.29, 0.717) is 12.6 Å². The highest BCUT2D eigenvalue weighted by Gasteiger charge is 2.28. The lowest BCUT2D eigenvalue weighted by Crippen LogP contribution is -2.38. The molecule has 1 atom stereocenters. The van der Waals surface area contributed by atoms with Gasteiger partial charge in [0.05, 0.1) is 10.5 Å². The second-order valence-electron chi connectivity index (χ2n) is 4.95. The Bertz CT molecular complexity index is 281. The first kappa shape index (κ1) is 16.3. The van der Waals surface area contributed by atoms with Gasteiger partial charge >= 0.3 is 0 Å². The van der Waals surface area contributed by atoms with Gasteiger partial charge in [-0.05, 0) is 33.4 Å². The topological polar surface area (TPSA) is 46.2 Å². The lowest BCUT2D eigenvalue weighted by molar-refractivity contribution is 0.536. The Morgan fingerprint density at radius 1 is 1.31 bits per heavy atom. The Kier molecular flexibility index (Phi) is 6.98. The number of nitrogens with one attached hydrogen (secondary N) is 1. The molecule has 0 radical (unpaired) electrons. The molecular weight excluding hydrogens is 242 g/mol. The van der Waals surface area contributed by atoms with E-state index in [1.165, 1.54) is 0 Å². The highest BCUT2D eigenvalue weighted by Crippen LogP contribution is 2.15. The van der Waals surface area contributed by atoms with Crippen molar-refractivity contribution in [2.24, 2.45) is 0 Å². The number of hydrogen-bond donors (Lipinski definition) is 1. The molecule has 98 valence electrons. The minimum Gasteiger partial charge on any atom is -0.312 e. The van der Waals surface area contributed by atoms with Gasteiger partial charge in [-0.2, -0.15) is 11.8 Å². The zero-order valence-corrected chi connectivity index (χ0v) is 12.7. The van der Waals surface area contributed by atoms with Gasteiger partial charge in [-0.15, -0.1) is 0 Å². The van der Waals surface area contributed by atoms with E-state index in [2.05, 4.69) is 18.5 Å². The highest BCUT2D eigenvalue weighted by atomic mass is 32.2. The fraction of sp³-hybridized carbons (Fsp3) is 1.00. The van der Waals surface area contributed by atoms with Crippen LogP contribution in [0.4, 0.5) is 0 Å². The number of hydrogen-bond acceptors (Lipinski definition) is 4. The summed E-state index contributed by atoms with van der Waals surface area (Å²) in [7, 11) is -2.99. The molecule has 0 aliphatic heterocycles. The van der Waals surface area contributed by atoms with Gasteiger partial charge in [-0.25, -0.2) is 8.42 Å². The van der Waals surface area contributed by atoms with Crippen LogP contribution in [-0.2, 0) is 9.84 Å². The van der Waals surface area contributed by atoms with E-state index in [1.807, 2.05) is 0 Å². The fourth-order valence-corrected chi connectivity index (χ4v) is 2.98. The summed E-state index contributed by atoms with van der Waals surface area (Å²) in [5, 5.41) is 3.30. The Hall–Kier alpha value is 0.260. The fourth-order valence-electron chi connectivity index (χ4n) is 1.23. The van der Waals surface area contributed by atoms with Gasteiger partial charge in [-0.3, -0.25) is 0 Å². The molecule has 5 heteroatoms. The summed E-state index contributed by atoms with van der Waals surface area (Å²) in [6.45, 7) is 7.93. The van der Waals surface area contributed by atoms with Gasteiger partial charge in [0.15, 0.2) is 9.84 Å². The van der Waals surface area contributed by atoms with Gasteiger partial charge in [0.25, 0.3) is 0 Å². The molecule has 0 fully saturated rings. The van der Waals surface area contributed by atoms with Gasteiger partial charge in [0.1, 0.15) is 0 Å². The summed E-state index contributed by atoms with van der Waals surface area (Å²) >= 11 is 1.79. The van der Waals surface area contributed by atoms with E-state index in [-0.39, 0.29) is 5.75 Å². The lowest BCUT2D eigenvalue weighted by Gasteiger charge is -2.21. The van der Waals surface area contributed by atoms with E-state index in [4.69, 9.17) is 0 Å². The SMILES string of the molecule is CCC(CSC)NCCS(=O)(=O)C(C)(C)C. The van der Waals surface area contributed by atoms with Crippen LogP contribution in [0.1, 0.15) is 34.1 Å². The summed E-state index contributed by atoms with van der Waals surface area (Å²) in [5.74, 6) is 1.26. The molecule has 0 saturated heterocycles. The maximum Gasteiger partial charge on any atom is 0.156 e. The third-order valence-electron chi connectivity index (χ3n) is 2.60. The quantitative estimate of drug-likeness (QED) is 0.765. The third-order valence-corrected chi connectivity index (χ3v) is 5.94. The predicted molar refractivity (Wildman–Crippen MR) is 74.0 cm³/mol. The van der Waals surface area contributed by atoms with E-state index in [1.54, 1.807) is 32.5 Å². The van der Waals surface area contributed by atoms with Crippen LogP contribution in [0.5, 0.6) is 0 Å². The largest absolute Gasteiger partial charge is 0.312 e. The normalized spacial score (nSPS) is 15.1. The number of sulfone groups is 1. The molecule has 0 aromatic rings. The molecule has 0 aliphatic carbocycles. The molecule has 3 nitrogen and oxygen atoms in total. The molecular formula is C11H25NO2S2. The first-order chi connectivity index (χ1) is 7.24. The van der Waals surface area contributed by atoms with Crippen molar-refractivity contribution in [2.75, 3.05) is 24.3 Å². The third kappa shape index (κ3) is 5.55. The molecule has 0 rings (SSSR count). The highest BCUT2D eigenvalue weighted by molar-refractivity contribution is 7.98. The Balaban J connectivity index is 4.07. The van der Waals surface area contributed by atoms with Crippen LogP contribution >= 0.6 is 11.8 Å². The maximum absolute atomic E-state index is 11.8. The predicted octanol–water partition coefficient (Wildman–Crippen LogP) is 1.93. The summed E-state index contributed by atoms with van der Waals surface area (Å²) in [4.78, 5) is 0. The second-order valence-corrected chi connectivity index (χ2v) is 8.72. The Labute approximate surface area is 105 Å². The zero-order valence-electron chi connectivity index (χ0n) is 11.0. The standard InChI is InChI=1S/C11H25NO2S2/c1-6-10(9-15-5)12-7-8-16(13,14)11(2,3)4/h10,12H,6-9H2,1-5H3. The second kappa shape index (κ2) is 6.87. The molecule has 1 N–H and O–H groups in total. The first-order valence-corrected chi connectivity index (χ1v) is 8.74. The van der Waals surface area contributed by atoms with E-state index >= 15 is 0 Å². The lowest BCUT2D eigenvalue weighted by atomic mass is 10.2. The van der Waals surface area contributed by atoms with Crippen molar-refractivity contribution in [2.45, 2.75) is 44.9 Å². The zero-order chi connectivity index (χ0) is 12.8. The summed E-state index contributed by atoms with van der Waals surface area (Å²) < 4.78 is 23.0. The molecule has 0 spiro atoms. The van der Waals surface area contributed by atoms with Crippen molar-refractivity contribution < 1.29 is 8.42 Å². The maximum atomic E-state index is 11.8. The van der Waals surface area contributed by atoms with Crippen LogP contribution < -0.4 is 5.32 Å². The van der Waals surface area contributed by atoms with Crippen LogP contribution in [0.15, 0.2) is 0 Å². The Morgan fingerprint density at radius 3 is 2.25 bits per heavy atom. The van der Waals surface area contributed by atoms with Crippen LogP contribution in [0.2, 0.25) is 0 Å². The van der Waals surface area contributed by atoms with E-state index < -0.39 is 14.6 Å². The minimum absolute atomic E-state index is 0.224. The average Bonchev–Trinajstić information content (AvgIpc) is 2.14. The van der Waals surface area contributed by atoms with Crippen molar-refractivity contribution >= 4 is 21.6 Å². The smallest absolute Gasteiger partial charge is 0.156 e. The molecule has 0 bridgehead atoms. The average molecular weight is 267 g/mol. The molecule has 0 aliphatic rings.